The zero-order valence-corrected chi connectivity index (χ0v) is 13.6. The Kier molecular flexibility index (Phi) is 5.87. The topological polar surface area (TPSA) is 90.8 Å². The summed E-state index contributed by atoms with van der Waals surface area (Å²) in [5, 5.41) is 15.9. The smallest absolute Gasteiger partial charge is 0.249 e. The lowest BCUT2D eigenvalue weighted by atomic mass is 10.2. The predicted molar refractivity (Wildman–Crippen MR) is 91.2 cm³/mol. The number of phenols is 1. The van der Waals surface area contributed by atoms with Crippen molar-refractivity contribution in [3.63, 3.8) is 0 Å². The van der Waals surface area contributed by atoms with Gasteiger partial charge in [-0.3, -0.25) is 9.59 Å². The van der Waals surface area contributed by atoms with Gasteiger partial charge in [-0.1, -0.05) is 34.1 Å². The summed E-state index contributed by atoms with van der Waals surface area (Å²) in [4.78, 5) is 23.3. The van der Waals surface area contributed by atoms with Crippen molar-refractivity contribution in [1.29, 1.82) is 0 Å². The molecule has 118 valence electrons. The van der Waals surface area contributed by atoms with Crippen molar-refractivity contribution < 1.29 is 14.7 Å². The van der Waals surface area contributed by atoms with Gasteiger partial charge in [0, 0.05) is 15.7 Å². The molecule has 6 nitrogen and oxygen atoms in total. The Hall–Kier alpha value is -2.67. The van der Waals surface area contributed by atoms with E-state index in [1.54, 1.807) is 36.4 Å². The van der Waals surface area contributed by atoms with Gasteiger partial charge in [-0.05, 0) is 30.3 Å². The Morgan fingerprint density at radius 2 is 1.87 bits per heavy atom. The van der Waals surface area contributed by atoms with E-state index in [9.17, 15) is 14.7 Å². The summed E-state index contributed by atoms with van der Waals surface area (Å²) < 4.78 is 0.769. The van der Waals surface area contributed by atoms with E-state index in [4.69, 9.17) is 0 Å². The molecule has 0 aliphatic rings. The number of halogens is 1. The molecule has 2 aromatic rings. The number of carbonyl (C=O) groups is 2. The maximum atomic E-state index is 11.7. The number of hydrogen-bond donors (Lipinski definition) is 3. The quantitative estimate of drug-likeness (QED) is 0.426. The Labute approximate surface area is 141 Å². The lowest BCUT2D eigenvalue weighted by Gasteiger charge is -2.04. The SMILES string of the molecule is O=C(CC(=O)Nc1ccccc1)NN=Cc1cc(Br)ccc1O. The molecule has 0 unspecified atom stereocenters. The van der Waals surface area contributed by atoms with Crippen molar-refractivity contribution in [1.82, 2.24) is 5.43 Å². The molecule has 0 radical (unpaired) electrons. The minimum absolute atomic E-state index is 0.0352. The van der Waals surface area contributed by atoms with Gasteiger partial charge in [0.1, 0.15) is 12.2 Å². The molecule has 0 aliphatic carbocycles. The van der Waals surface area contributed by atoms with Gasteiger partial charge < -0.3 is 10.4 Å². The maximum Gasteiger partial charge on any atom is 0.249 e. The number of nitrogens with zero attached hydrogens (tertiary/aromatic N) is 1. The molecule has 0 aromatic heterocycles. The summed E-state index contributed by atoms with van der Waals surface area (Å²) in [5.74, 6) is -0.952. The first-order chi connectivity index (χ1) is 11.0. The van der Waals surface area contributed by atoms with E-state index in [-0.39, 0.29) is 12.2 Å². The molecule has 0 saturated carbocycles. The molecular formula is C16H14BrN3O3. The fourth-order valence-electron chi connectivity index (χ4n) is 1.71. The van der Waals surface area contributed by atoms with E-state index >= 15 is 0 Å². The van der Waals surface area contributed by atoms with Gasteiger partial charge in [0.05, 0.1) is 6.21 Å². The van der Waals surface area contributed by atoms with E-state index in [2.05, 4.69) is 31.8 Å². The van der Waals surface area contributed by atoms with Crippen molar-refractivity contribution in [2.45, 2.75) is 6.42 Å². The third-order valence-corrected chi connectivity index (χ3v) is 3.25. The molecule has 2 aromatic carbocycles. The van der Waals surface area contributed by atoms with Crippen LogP contribution in [0.4, 0.5) is 5.69 Å². The first kappa shape index (κ1) is 16.7. The second kappa shape index (κ2) is 8.09. The van der Waals surface area contributed by atoms with Crippen LogP contribution < -0.4 is 10.7 Å². The van der Waals surface area contributed by atoms with Crippen molar-refractivity contribution in [3.8, 4) is 5.75 Å². The first-order valence-corrected chi connectivity index (χ1v) is 7.49. The number of anilines is 1. The molecule has 0 fully saturated rings. The van der Waals surface area contributed by atoms with Gasteiger partial charge in [0.15, 0.2) is 0 Å². The lowest BCUT2D eigenvalue weighted by molar-refractivity contribution is -0.126. The average molecular weight is 376 g/mol. The molecule has 0 bridgehead atoms. The van der Waals surface area contributed by atoms with Gasteiger partial charge in [-0.25, -0.2) is 5.43 Å². The molecule has 2 amide bonds. The molecule has 0 spiro atoms. The third-order valence-electron chi connectivity index (χ3n) is 2.76. The Bertz CT molecular complexity index is 733. The largest absolute Gasteiger partial charge is 0.507 e. The number of amides is 2. The summed E-state index contributed by atoms with van der Waals surface area (Å²) in [5.41, 5.74) is 3.29. The van der Waals surface area contributed by atoms with Crippen LogP contribution in [0.2, 0.25) is 0 Å². The van der Waals surface area contributed by atoms with E-state index in [1.165, 1.54) is 12.3 Å². The second-order valence-electron chi connectivity index (χ2n) is 4.59. The monoisotopic (exact) mass is 375 g/mol. The molecule has 3 N–H and O–H groups in total. The highest BCUT2D eigenvalue weighted by molar-refractivity contribution is 9.10. The van der Waals surface area contributed by atoms with E-state index in [0.717, 1.165) is 4.47 Å². The third kappa shape index (κ3) is 5.55. The summed E-state index contributed by atoms with van der Waals surface area (Å²) in [7, 11) is 0. The Balaban J connectivity index is 1.84. The van der Waals surface area contributed by atoms with Crippen LogP contribution in [0, 0.1) is 0 Å². The van der Waals surface area contributed by atoms with Crippen LogP contribution in [0.15, 0.2) is 58.1 Å². The van der Waals surface area contributed by atoms with Crippen molar-refractivity contribution in [3.05, 3.63) is 58.6 Å². The Morgan fingerprint density at radius 1 is 1.13 bits per heavy atom. The van der Waals surface area contributed by atoms with Gasteiger partial charge >= 0.3 is 0 Å². The van der Waals surface area contributed by atoms with Gasteiger partial charge in [0.2, 0.25) is 11.8 Å². The molecule has 0 saturated heterocycles. The average Bonchev–Trinajstić information content (AvgIpc) is 2.51. The molecule has 2 rings (SSSR count). The second-order valence-corrected chi connectivity index (χ2v) is 5.50. The summed E-state index contributed by atoms with van der Waals surface area (Å²) in [6.07, 6.45) is 0.948. The minimum atomic E-state index is -0.552. The maximum absolute atomic E-state index is 11.7. The van der Waals surface area contributed by atoms with Crippen LogP contribution in [0.25, 0.3) is 0 Å². The van der Waals surface area contributed by atoms with Crippen molar-refractivity contribution in [2.75, 3.05) is 5.32 Å². The highest BCUT2D eigenvalue weighted by atomic mass is 79.9. The number of para-hydroxylation sites is 1. The van der Waals surface area contributed by atoms with Gasteiger partial charge in [-0.15, -0.1) is 0 Å². The van der Waals surface area contributed by atoms with Crippen LogP contribution in [-0.4, -0.2) is 23.1 Å². The van der Waals surface area contributed by atoms with Crippen LogP contribution in [0.5, 0.6) is 5.75 Å². The van der Waals surface area contributed by atoms with Gasteiger partial charge in [0.25, 0.3) is 0 Å². The summed E-state index contributed by atoms with van der Waals surface area (Å²) >= 11 is 3.27. The van der Waals surface area contributed by atoms with Crippen LogP contribution >= 0.6 is 15.9 Å². The highest BCUT2D eigenvalue weighted by Gasteiger charge is 2.08. The number of benzene rings is 2. The molecule has 23 heavy (non-hydrogen) atoms. The number of hydrogen-bond acceptors (Lipinski definition) is 4. The van der Waals surface area contributed by atoms with E-state index in [0.29, 0.717) is 11.3 Å². The van der Waals surface area contributed by atoms with Gasteiger partial charge in [-0.2, -0.15) is 5.10 Å². The number of carbonyl (C=O) groups excluding carboxylic acids is 2. The zero-order valence-electron chi connectivity index (χ0n) is 12.0. The van der Waals surface area contributed by atoms with Crippen LogP contribution in [-0.2, 0) is 9.59 Å². The number of phenolic OH excluding ortho intramolecular Hbond substituents is 1. The molecule has 0 aliphatic heterocycles. The summed E-state index contributed by atoms with van der Waals surface area (Å²) in [6, 6.07) is 13.7. The molecular weight excluding hydrogens is 362 g/mol. The van der Waals surface area contributed by atoms with Crippen molar-refractivity contribution in [2.24, 2.45) is 5.10 Å². The lowest BCUT2D eigenvalue weighted by Crippen LogP contribution is -2.24. The Morgan fingerprint density at radius 3 is 2.61 bits per heavy atom. The van der Waals surface area contributed by atoms with E-state index in [1.807, 2.05) is 6.07 Å². The number of nitrogens with one attached hydrogen (secondary N) is 2. The highest BCUT2D eigenvalue weighted by Crippen LogP contribution is 2.19. The fraction of sp³-hybridized carbons (Fsp3) is 0.0625. The van der Waals surface area contributed by atoms with Crippen LogP contribution in [0.3, 0.4) is 0 Å². The van der Waals surface area contributed by atoms with E-state index < -0.39 is 11.8 Å². The fourth-order valence-corrected chi connectivity index (χ4v) is 2.09. The molecule has 0 heterocycles. The summed E-state index contributed by atoms with van der Waals surface area (Å²) in [6.45, 7) is 0. The molecule has 7 heteroatoms. The molecule has 0 atom stereocenters. The number of rotatable bonds is 5. The zero-order chi connectivity index (χ0) is 16.7. The predicted octanol–water partition coefficient (Wildman–Crippen LogP) is 2.63. The normalized spacial score (nSPS) is 10.5. The number of aromatic hydroxyl groups is 1. The number of hydrazone groups is 1. The van der Waals surface area contributed by atoms with Crippen LogP contribution in [0.1, 0.15) is 12.0 Å². The van der Waals surface area contributed by atoms with Crippen molar-refractivity contribution >= 4 is 39.6 Å². The first-order valence-electron chi connectivity index (χ1n) is 6.70. The minimum Gasteiger partial charge on any atom is -0.507 e. The standard InChI is InChI=1S/C16H14BrN3O3/c17-12-6-7-14(21)11(8-12)10-18-20-16(23)9-15(22)19-13-4-2-1-3-5-13/h1-8,10,21H,9H2,(H,19,22)(H,20,23).